The van der Waals surface area contributed by atoms with Crippen LogP contribution in [0.2, 0.25) is 0 Å². The van der Waals surface area contributed by atoms with Crippen LogP contribution in [-0.2, 0) is 7.05 Å². The average Bonchev–Trinajstić information content (AvgIpc) is 2.81. The fourth-order valence-corrected chi connectivity index (χ4v) is 1.86. The number of hydrogen-bond donors (Lipinski definition) is 0. The average molecular weight is 240 g/mol. The normalized spacial score (nSPS) is 10.8. The van der Waals surface area contributed by atoms with Crippen LogP contribution in [0, 0.1) is 0 Å². The molecule has 0 aliphatic rings. The Kier molecular flexibility index (Phi) is 2.40. The number of rotatable bonds is 2. The number of aromatic nitrogens is 5. The standard InChI is InChI=1S/C12H12N6/c1-17(9-6-4-3-5-7-9)11-10-12(14-8-13-11)18(2)16-15-10/h3-8H,1-2H3. The van der Waals surface area contributed by atoms with Crippen molar-refractivity contribution < 1.29 is 0 Å². The molecule has 6 heteroatoms. The molecule has 0 spiro atoms. The summed E-state index contributed by atoms with van der Waals surface area (Å²) >= 11 is 0. The Bertz CT molecular complexity index is 675. The van der Waals surface area contributed by atoms with Crippen LogP contribution in [0.3, 0.4) is 0 Å². The van der Waals surface area contributed by atoms with Gasteiger partial charge in [0.25, 0.3) is 0 Å². The van der Waals surface area contributed by atoms with E-state index in [1.165, 1.54) is 6.33 Å². The molecule has 0 bridgehead atoms. The lowest BCUT2D eigenvalue weighted by molar-refractivity contribution is 0.729. The van der Waals surface area contributed by atoms with E-state index in [9.17, 15) is 0 Å². The summed E-state index contributed by atoms with van der Waals surface area (Å²) in [5, 5.41) is 8.08. The highest BCUT2D eigenvalue weighted by atomic mass is 15.4. The summed E-state index contributed by atoms with van der Waals surface area (Å²) in [5.74, 6) is 0.749. The number of fused-ring (bicyclic) bond motifs is 1. The Morgan fingerprint density at radius 3 is 2.67 bits per heavy atom. The topological polar surface area (TPSA) is 59.7 Å². The highest BCUT2D eigenvalue weighted by molar-refractivity contribution is 5.85. The molecule has 6 nitrogen and oxygen atoms in total. The molecule has 0 aliphatic carbocycles. The second kappa shape index (κ2) is 4.06. The molecular weight excluding hydrogens is 228 g/mol. The lowest BCUT2D eigenvalue weighted by Crippen LogP contribution is -2.12. The van der Waals surface area contributed by atoms with E-state index in [4.69, 9.17) is 0 Å². The number of nitrogens with zero attached hydrogens (tertiary/aromatic N) is 6. The van der Waals surface area contributed by atoms with E-state index >= 15 is 0 Å². The van der Waals surface area contributed by atoms with E-state index in [2.05, 4.69) is 20.3 Å². The first-order valence-electron chi connectivity index (χ1n) is 5.56. The van der Waals surface area contributed by atoms with E-state index in [0.717, 1.165) is 17.2 Å². The van der Waals surface area contributed by atoms with Crippen molar-refractivity contribution in [2.45, 2.75) is 0 Å². The zero-order valence-corrected chi connectivity index (χ0v) is 10.1. The molecule has 90 valence electrons. The molecule has 1 aromatic carbocycles. The summed E-state index contributed by atoms with van der Waals surface area (Å²) in [5.41, 5.74) is 2.47. The zero-order chi connectivity index (χ0) is 12.5. The van der Waals surface area contributed by atoms with Gasteiger partial charge in [0.05, 0.1) is 0 Å². The summed E-state index contributed by atoms with van der Waals surface area (Å²) in [6.07, 6.45) is 1.53. The second-order valence-corrected chi connectivity index (χ2v) is 3.98. The summed E-state index contributed by atoms with van der Waals surface area (Å²) in [6.45, 7) is 0. The van der Waals surface area contributed by atoms with Crippen molar-refractivity contribution in [3.63, 3.8) is 0 Å². The van der Waals surface area contributed by atoms with Crippen LogP contribution in [0.4, 0.5) is 11.5 Å². The van der Waals surface area contributed by atoms with Gasteiger partial charge in [-0.1, -0.05) is 23.4 Å². The van der Waals surface area contributed by atoms with Crippen molar-refractivity contribution in [1.29, 1.82) is 0 Å². The molecule has 3 aromatic rings. The van der Waals surface area contributed by atoms with Gasteiger partial charge >= 0.3 is 0 Å². The molecule has 3 rings (SSSR count). The Labute approximate surface area is 104 Å². The molecule has 0 unspecified atom stereocenters. The molecule has 18 heavy (non-hydrogen) atoms. The van der Waals surface area contributed by atoms with E-state index in [1.54, 1.807) is 4.68 Å². The van der Waals surface area contributed by atoms with E-state index in [-0.39, 0.29) is 0 Å². The molecule has 0 atom stereocenters. The molecule has 0 fully saturated rings. The Morgan fingerprint density at radius 1 is 1.11 bits per heavy atom. The van der Waals surface area contributed by atoms with Crippen LogP contribution < -0.4 is 4.90 Å². The second-order valence-electron chi connectivity index (χ2n) is 3.98. The number of benzene rings is 1. The predicted molar refractivity (Wildman–Crippen MR) is 68.6 cm³/mol. The number of hydrogen-bond acceptors (Lipinski definition) is 5. The Morgan fingerprint density at radius 2 is 1.89 bits per heavy atom. The van der Waals surface area contributed by atoms with Crippen LogP contribution in [0.25, 0.3) is 11.2 Å². The van der Waals surface area contributed by atoms with Crippen LogP contribution >= 0.6 is 0 Å². The summed E-state index contributed by atoms with van der Waals surface area (Å²) in [4.78, 5) is 10.4. The Balaban J connectivity index is 2.15. The van der Waals surface area contributed by atoms with Crippen LogP contribution in [0.5, 0.6) is 0 Å². The van der Waals surface area contributed by atoms with Gasteiger partial charge in [-0.05, 0) is 12.1 Å². The summed E-state index contributed by atoms with van der Waals surface area (Å²) < 4.78 is 1.64. The molecule has 2 aromatic heterocycles. The fraction of sp³-hybridized carbons (Fsp3) is 0.167. The van der Waals surface area contributed by atoms with Gasteiger partial charge in [-0.25, -0.2) is 14.6 Å². The van der Waals surface area contributed by atoms with Gasteiger partial charge in [0.15, 0.2) is 17.0 Å². The third-order valence-corrected chi connectivity index (χ3v) is 2.83. The zero-order valence-electron chi connectivity index (χ0n) is 10.1. The molecule has 0 amide bonds. The van der Waals surface area contributed by atoms with E-state index < -0.39 is 0 Å². The minimum absolute atomic E-state index is 0.700. The molecule has 0 radical (unpaired) electrons. The summed E-state index contributed by atoms with van der Waals surface area (Å²) in [6, 6.07) is 9.99. The largest absolute Gasteiger partial charge is 0.327 e. The first-order valence-corrected chi connectivity index (χ1v) is 5.56. The van der Waals surface area contributed by atoms with Crippen LogP contribution in [0.1, 0.15) is 0 Å². The minimum atomic E-state index is 0.700. The third-order valence-electron chi connectivity index (χ3n) is 2.83. The number of aryl methyl sites for hydroxylation is 1. The molecular formula is C12H12N6. The molecule has 0 saturated carbocycles. The van der Waals surface area contributed by atoms with Crippen molar-refractivity contribution >= 4 is 22.7 Å². The lowest BCUT2D eigenvalue weighted by Gasteiger charge is -2.17. The fourth-order valence-electron chi connectivity index (χ4n) is 1.86. The predicted octanol–water partition coefficient (Wildman–Crippen LogP) is 1.53. The van der Waals surface area contributed by atoms with Crippen LogP contribution in [-0.4, -0.2) is 32.0 Å². The highest BCUT2D eigenvalue weighted by Gasteiger charge is 2.14. The first-order chi connectivity index (χ1) is 8.77. The summed E-state index contributed by atoms with van der Waals surface area (Å²) in [7, 11) is 3.76. The van der Waals surface area contributed by atoms with Gasteiger partial charge in [0, 0.05) is 19.8 Å². The van der Waals surface area contributed by atoms with Gasteiger partial charge in [0.2, 0.25) is 0 Å². The SMILES string of the molecule is CN(c1ccccc1)c1ncnc2c1nnn2C. The van der Waals surface area contributed by atoms with Crippen molar-refractivity contribution in [2.24, 2.45) is 7.05 Å². The molecule has 0 saturated heterocycles. The van der Waals surface area contributed by atoms with Gasteiger partial charge < -0.3 is 4.90 Å². The van der Waals surface area contributed by atoms with E-state index in [0.29, 0.717) is 5.52 Å². The van der Waals surface area contributed by atoms with Gasteiger partial charge in [0.1, 0.15) is 6.33 Å². The van der Waals surface area contributed by atoms with Crippen molar-refractivity contribution in [3.8, 4) is 0 Å². The molecule has 0 aliphatic heterocycles. The maximum Gasteiger partial charge on any atom is 0.183 e. The van der Waals surface area contributed by atoms with Crippen molar-refractivity contribution in [2.75, 3.05) is 11.9 Å². The minimum Gasteiger partial charge on any atom is -0.327 e. The first kappa shape index (κ1) is 10.6. The molecule has 0 N–H and O–H groups in total. The quantitative estimate of drug-likeness (QED) is 0.679. The smallest absolute Gasteiger partial charge is 0.183 e. The van der Waals surface area contributed by atoms with Gasteiger partial charge in [-0.15, -0.1) is 5.10 Å². The highest BCUT2D eigenvalue weighted by Crippen LogP contribution is 2.25. The lowest BCUT2D eigenvalue weighted by atomic mass is 10.3. The van der Waals surface area contributed by atoms with Crippen molar-refractivity contribution in [1.82, 2.24) is 25.0 Å². The van der Waals surface area contributed by atoms with Crippen molar-refractivity contribution in [3.05, 3.63) is 36.7 Å². The number of anilines is 2. The van der Waals surface area contributed by atoms with E-state index in [1.807, 2.05) is 49.3 Å². The number of para-hydroxylation sites is 1. The maximum absolute atomic E-state index is 4.30. The van der Waals surface area contributed by atoms with Gasteiger partial charge in [-0.3, -0.25) is 0 Å². The maximum atomic E-state index is 4.30. The van der Waals surface area contributed by atoms with Gasteiger partial charge in [-0.2, -0.15) is 0 Å². The Hall–Kier alpha value is -2.50. The monoisotopic (exact) mass is 240 g/mol. The molecule has 2 heterocycles. The van der Waals surface area contributed by atoms with Crippen LogP contribution in [0.15, 0.2) is 36.7 Å². The third kappa shape index (κ3) is 1.58.